The van der Waals surface area contributed by atoms with Gasteiger partial charge in [0.15, 0.2) is 0 Å². The van der Waals surface area contributed by atoms with E-state index in [1.807, 2.05) is 0 Å². The molecule has 3 nitrogen and oxygen atoms in total. The highest BCUT2D eigenvalue weighted by Crippen LogP contribution is 2.67. The summed E-state index contributed by atoms with van der Waals surface area (Å²) in [5.41, 5.74) is 9.86. The number of fused-ring (bicyclic) bond motifs is 9. The summed E-state index contributed by atoms with van der Waals surface area (Å²) in [4.78, 5) is 10.7. The number of nitrogens with zero attached hydrogens (tertiary/aromatic N) is 2. The summed E-state index contributed by atoms with van der Waals surface area (Å²) in [5.74, 6) is 4.56. The van der Waals surface area contributed by atoms with Gasteiger partial charge in [-0.1, -0.05) is 90.1 Å². The van der Waals surface area contributed by atoms with Crippen molar-refractivity contribution in [2.24, 2.45) is 39.6 Å². The molecule has 230 valence electrons. The molecule has 0 radical (unpaired) electrons. The van der Waals surface area contributed by atoms with Gasteiger partial charge in [-0.25, -0.2) is 0 Å². The van der Waals surface area contributed by atoms with Gasteiger partial charge in [0.2, 0.25) is 0 Å². The lowest BCUT2D eigenvalue weighted by Crippen LogP contribution is -2.44. The molecule has 3 heteroatoms. The van der Waals surface area contributed by atoms with E-state index in [9.17, 15) is 0 Å². The van der Waals surface area contributed by atoms with E-state index in [0.29, 0.717) is 35.6 Å². The van der Waals surface area contributed by atoms with Crippen molar-refractivity contribution in [1.82, 2.24) is 0 Å². The van der Waals surface area contributed by atoms with Crippen LogP contribution in [-0.2, 0) is 5.41 Å². The first kappa shape index (κ1) is 27.2. The summed E-state index contributed by atoms with van der Waals surface area (Å²) in [7, 11) is 0. The second-order valence-electron chi connectivity index (χ2n) is 14.8. The van der Waals surface area contributed by atoms with Gasteiger partial charge >= 0.3 is 0 Å². The molecule has 0 fully saturated rings. The molecule has 0 saturated heterocycles. The van der Waals surface area contributed by atoms with E-state index in [2.05, 4.69) is 103 Å². The van der Waals surface area contributed by atoms with Crippen molar-refractivity contribution in [3.8, 4) is 5.75 Å². The molecule has 3 heterocycles. The van der Waals surface area contributed by atoms with E-state index in [4.69, 9.17) is 14.7 Å². The molecular formula is C43H42N2O. The first-order valence-electron chi connectivity index (χ1n) is 17.9. The van der Waals surface area contributed by atoms with Crippen molar-refractivity contribution in [2.45, 2.75) is 75.3 Å². The predicted molar refractivity (Wildman–Crippen MR) is 187 cm³/mol. The lowest BCUT2D eigenvalue weighted by atomic mass is 9.56. The maximum atomic E-state index is 6.88. The molecule has 6 aliphatic carbocycles. The number of rotatable bonds is 2. The Morgan fingerprint density at radius 2 is 1.67 bits per heavy atom. The van der Waals surface area contributed by atoms with Crippen LogP contribution in [0.1, 0.15) is 68.9 Å². The zero-order chi connectivity index (χ0) is 30.2. The highest BCUT2D eigenvalue weighted by Gasteiger charge is 2.60. The van der Waals surface area contributed by atoms with Crippen LogP contribution in [0.5, 0.6) is 5.75 Å². The molecule has 10 rings (SSSR count). The van der Waals surface area contributed by atoms with Crippen LogP contribution in [0.3, 0.4) is 0 Å². The van der Waals surface area contributed by atoms with Gasteiger partial charge in [0, 0.05) is 52.5 Å². The SMILES string of the molecule is C1=CC2C=CC(c3ccc4c(c3)C3(C5=C(CCC=C5)O4)C4=C(CCCC4)C4C=CC(C5=NC6C=CC=CC6CC5)CC43)=NC2C=C1. The third kappa shape index (κ3) is 3.96. The number of allylic oxidation sites excluding steroid dienone is 13. The van der Waals surface area contributed by atoms with Gasteiger partial charge in [-0.2, -0.15) is 0 Å². The molecule has 0 bridgehead atoms. The zero-order valence-electron chi connectivity index (χ0n) is 26.5. The monoisotopic (exact) mass is 602 g/mol. The number of hydrogen-bond acceptors (Lipinski definition) is 3. The van der Waals surface area contributed by atoms with E-state index in [-0.39, 0.29) is 11.5 Å². The Balaban J connectivity index is 1.13. The Labute approximate surface area is 273 Å². The van der Waals surface area contributed by atoms with Gasteiger partial charge in [0.1, 0.15) is 11.5 Å². The fraction of sp³-hybridized carbons (Fsp3) is 0.395. The van der Waals surface area contributed by atoms with Crippen LogP contribution in [0.15, 0.2) is 136 Å². The summed E-state index contributed by atoms with van der Waals surface area (Å²) in [6.45, 7) is 0. The number of aliphatic imine (C=N–C) groups is 2. The van der Waals surface area contributed by atoms with E-state index in [1.54, 1.807) is 11.1 Å². The Hall–Kier alpha value is -3.98. The first-order valence-corrected chi connectivity index (χ1v) is 17.9. The highest BCUT2D eigenvalue weighted by molar-refractivity contribution is 6.09. The second kappa shape index (κ2) is 10.5. The average Bonchev–Trinajstić information content (AvgIpc) is 3.41. The van der Waals surface area contributed by atoms with Gasteiger partial charge in [-0.15, -0.1) is 0 Å². The zero-order valence-corrected chi connectivity index (χ0v) is 26.5. The van der Waals surface area contributed by atoms with Gasteiger partial charge in [-0.05, 0) is 81.6 Å². The topological polar surface area (TPSA) is 34.0 Å². The Morgan fingerprint density at radius 3 is 2.65 bits per heavy atom. The molecule has 0 N–H and O–H groups in total. The molecule has 0 aromatic heterocycles. The molecule has 46 heavy (non-hydrogen) atoms. The van der Waals surface area contributed by atoms with Crippen LogP contribution in [0, 0.1) is 29.6 Å². The number of ether oxygens (including phenoxy) is 1. The minimum absolute atomic E-state index is 0.153. The standard InChI is InChI=1S/C43H42N2O/c1-6-14-37-27(9-1)18-22-39(44-37)29-17-21-32-31-11-3-4-12-33(31)43(35(32)25-29)34-13-5-8-16-41(34)46-42-24-20-30(26-36(42)43)40-23-19-28-10-2-7-15-38(28)45-40/h1-2,5-7,9-10,13-15,17,19-21,23-24,26-29,32,35,37-38H,3-4,8,11-12,16,18,22,25H2. The summed E-state index contributed by atoms with van der Waals surface area (Å²) < 4.78 is 6.88. The van der Waals surface area contributed by atoms with Gasteiger partial charge in [0.25, 0.3) is 0 Å². The van der Waals surface area contributed by atoms with Crippen LogP contribution in [-0.4, -0.2) is 23.5 Å². The van der Waals surface area contributed by atoms with Crippen molar-refractivity contribution < 1.29 is 4.74 Å². The number of dihydropyridines is 1. The normalized spacial score (nSPS) is 37.6. The van der Waals surface area contributed by atoms with Crippen LogP contribution in [0.4, 0.5) is 0 Å². The fourth-order valence-electron chi connectivity index (χ4n) is 10.5. The maximum absolute atomic E-state index is 6.88. The predicted octanol–water partition coefficient (Wildman–Crippen LogP) is 9.43. The fourth-order valence-corrected chi connectivity index (χ4v) is 10.5. The number of benzene rings is 1. The molecular weight excluding hydrogens is 560 g/mol. The minimum atomic E-state index is -0.153. The van der Waals surface area contributed by atoms with Crippen molar-refractivity contribution >= 4 is 11.4 Å². The molecule has 0 amide bonds. The Bertz CT molecular complexity index is 1850. The lowest BCUT2D eigenvalue weighted by Gasteiger charge is -2.48. The van der Waals surface area contributed by atoms with Gasteiger partial charge in [-0.3, -0.25) is 9.98 Å². The van der Waals surface area contributed by atoms with E-state index in [1.165, 1.54) is 60.3 Å². The van der Waals surface area contributed by atoms with Crippen LogP contribution >= 0.6 is 0 Å². The van der Waals surface area contributed by atoms with Crippen LogP contribution in [0.2, 0.25) is 0 Å². The average molecular weight is 603 g/mol. The molecule has 8 atom stereocenters. The van der Waals surface area contributed by atoms with E-state index < -0.39 is 0 Å². The molecule has 1 aromatic rings. The maximum Gasteiger partial charge on any atom is 0.131 e. The largest absolute Gasteiger partial charge is 0.461 e. The third-order valence-electron chi connectivity index (χ3n) is 12.5. The number of hydrogen-bond donors (Lipinski definition) is 0. The minimum Gasteiger partial charge on any atom is -0.461 e. The van der Waals surface area contributed by atoms with Crippen molar-refractivity contribution in [2.75, 3.05) is 0 Å². The van der Waals surface area contributed by atoms with Gasteiger partial charge in [0.05, 0.1) is 23.2 Å². The smallest absolute Gasteiger partial charge is 0.131 e. The summed E-state index contributed by atoms with van der Waals surface area (Å²) in [5, 5.41) is 0. The van der Waals surface area contributed by atoms with E-state index in [0.717, 1.165) is 37.1 Å². The lowest BCUT2D eigenvalue weighted by molar-refractivity contribution is 0.257. The first-order chi connectivity index (χ1) is 22.8. The summed E-state index contributed by atoms with van der Waals surface area (Å²) >= 11 is 0. The second-order valence-corrected chi connectivity index (χ2v) is 14.8. The van der Waals surface area contributed by atoms with Crippen LogP contribution < -0.4 is 4.74 Å². The molecule has 8 unspecified atom stereocenters. The van der Waals surface area contributed by atoms with Gasteiger partial charge < -0.3 is 4.74 Å². The Morgan fingerprint density at radius 1 is 0.783 bits per heavy atom. The van der Waals surface area contributed by atoms with Crippen molar-refractivity contribution in [3.05, 3.63) is 137 Å². The molecule has 1 aromatic carbocycles. The highest BCUT2D eigenvalue weighted by atomic mass is 16.5. The summed E-state index contributed by atoms with van der Waals surface area (Å²) in [6.07, 6.45) is 43.1. The molecule has 3 aliphatic heterocycles. The Kier molecular flexibility index (Phi) is 6.21. The van der Waals surface area contributed by atoms with Crippen LogP contribution in [0.25, 0.3) is 0 Å². The summed E-state index contributed by atoms with van der Waals surface area (Å²) in [6, 6.07) is 7.51. The van der Waals surface area contributed by atoms with E-state index >= 15 is 0 Å². The quantitative estimate of drug-likeness (QED) is 0.311. The molecule has 0 saturated carbocycles. The molecule has 9 aliphatic rings. The third-order valence-corrected chi connectivity index (χ3v) is 12.5. The molecule has 1 spiro atoms. The van der Waals surface area contributed by atoms with Crippen molar-refractivity contribution in [3.63, 3.8) is 0 Å². The van der Waals surface area contributed by atoms with Crippen molar-refractivity contribution in [1.29, 1.82) is 0 Å².